The molecular formula is C17H17NO4S. The molecule has 0 aliphatic carbocycles. The average Bonchev–Trinajstić information content (AvgIpc) is 3.22. The quantitative estimate of drug-likeness (QED) is 0.673. The summed E-state index contributed by atoms with van der Waals surface area (Å²) in [4.78, 5) is 23.7. The number of nitrogens with one attached hydrogen (secondary N) is 1. The molecule has 0 spiro atoms. The van der Waals surface area contributed by atoms with Crippen LogP contribution in [-0.2, 0) is 9.53 Å². The lowest BCUT2D eigenvalue weighted by atomic mass is 10.2. The molecular weight excluding hydrogens is 314 g/mol. The van der Waals surface area contributed by atoms with Gasteiger partial charge in [0.05, 0.1) is 18.1 Å². The van der Waals surface area contributed by atoms with Crippen molar-refractivity contribution in [2.45, 2.75) is 25.4 Å². The molecule has 6 heteroatoms. The van der Waals surface area contributed by atoms with E-state index in [0.29, 0.717) is 17.0 Å². The molecule has 23 heavy (non-hydrogen) atoms. The standard InChI is InChI=1S/C17H17NO4S/c19-16(10-15-2-1-8-21-15)22-14-5-3-13(4-6-14)18-17(20)12-7-9-23-11-12/h3-7,9,11,15H,1-2,8,10H2,(H,18,20)/t15-/m0/s1. The number of amides is 1. The number of esters is 1. The number of thiophene rings is 1. The Balaban J connectivity index is 1.52. The van der Waals surface area contributed by atoms with Crippen LogP contribution < -0.4 is 10.1 Å². The summed E-state index contributed by atoms with van der Waals surface area (Å²) in [6, 6.07) is 8.51. The molecule has 1 aromatic carbocycles. The molecule has 1 atom stereocenters. The van der Waals surface area contributed by atoms with Gasteiger partial charge in [-0.1, -0.05) is 0 Å². The molecule has 120 valence electrons. The van der Waals surface area contributed by atoms with Crippen LogP contribution >= 0.6 is 11.3 Å². The maximum Gasteiger partial charge on any atom is 0.313 e. The number of hydrogen-bond acceptors (Lipinski definition) is 5. The number of carbonyl (C=O) groups excluding carboxylic acids is 2. The van der Waals surface area contributed by atoms with Gasteiger partial charge in [0.1, 0.15) is 5.75 Å². The van der Waals surface area contributed by atoms with Crippen LogP contribution in [0.15, 0.2) is 41.1 Å². The van der Waals surface area contributed by atoms with Gasteiger partial charge in [-0.15, -0.1) is 0 Å². The highest BCUT2D eigenvalue weighted by Gasteiger charge is 2.20. The summed E-state index contributed by atoms with van der Waals surface area (Å²) >= 11 is 1.47. The molecule has 0 bridgehead atoms. The van der Waals surface area contributed by atoms with Crippen molar-refractivity contribution in [3.63, 3.8) is 0 Å². The van der Waals surface area contributed by atoms with Crippen LogP contribution in [-0.4, -0.2) is 24.6 Å². The van der Waals surface area contributed by atoms with Crippen molar-refractivity contribution < 1.29 is 19.1 Å². The smallest absolute Gasteiger partial charge is 0.313 e. The van der Waals surface area contributed by atoms with E-state index in [1.54, 1.807) is 35.7 Å². The Morgan fingerprint density at radius 2 is 2.09 bits per heavy atom. The zero-order valence-corrected chi connectivity index (χ0v) is 13.3. The Bertz CT molecular complexity index is 660. The molecule has 1 amide bonds. The van der Waals surface area contributed by atoms with Gasteiger partial charge in [-0.2, -0.15) is 11.3 Å². The van der Waals surface area contributed by atoms with Crippen LogP contribution in [0.1, 0.15) is 29.6 Å². The molecule has 1 saturated heterocycles. The topological polar surface area (TPSA) is 64.6 Å². The van der Waals surface area contributed by atoms with E-state index >= 15 is 0 Å². The van der Waals surface area contributed by atoms with E-state index in [1.165, 1.54) is 11.3 Å². The number of ether oxygens (including phenoxy) is 2. The van der Waals surface area contributed by atoms with E-state index < -0.39 is 0 Å². The minimum Gasteiger partial charge on any atom is -0.426 e. The summed E-state index contributed by atoms with van der Waals surface area (Å²) in [7, 11) is 0. The predicted octanol–water partition coefficient (Wildman–Crippen LogP) is 3.47. The van der Waals surface area contributed by atoms with Crippen molar-refractivity contribution in [1.29, 1.82) is 0 Å². The lowest BCUT2D eigenvalue weighted by Gasteiger charge is -2.09. The van der Waals surface area contributed by atoms with Crippen LogP contribution in [0.4, 0.5) is 5.69 Å². The van der Waals surface area contributed by atoms with Gasteiger partial charge < -0.3 is 14.8 Å². The summed E-state index contributed by atoms with van der Waals surface area (Å²) in [6.45, 7) is 0.719. The molecule has 2 aromatic rings. The van der Waals surface area contributed by atoms with Gasteiger partial charge in [0, 0.05) is 17.7 Å². The molecule has 1 N–H and O–H groups in total. The van der Waals surface area contributed by atoms with Gasteiger partial charge in [0.15, 0.2) is 0 Å². The lowest BCUT2D eigenvalue weighted by Crippen LogP contribution is -2.17. The number of benzene rings is 1. The molecule has 0 saturated carbocycles. The minimum atomic E-state index is -0.299. The van der Waals surface area contributed by atoms with Crippen LogP contribution in [0.2, 0.25) is 0 Å². The Labute approximate surface area is 138 Å². The monoisotopic (exact) mass is 331 g/mol. The Kier molecular flexibility index (Phi) is 5.05. The molecule has 5 nitrogen and oxygen atoms in total. The van der Waals surface area contributed by atoms with Crippen molar-refractivity contribution in [1.82, 2.24) is 0 Å². The third kappa shape index (κ3) is 4.40. The fourth-order valence-corrected chi connectivity index (χ4v) is 3.00. The molecule has 0 unspecified atom stereocenters. The lowest BCUT2D eigenvalue weighted by molar-refractivity contribution is -0.136. The molecule has 0 radical (unpaired) electrons. The van der Waals surface area contributed by atoms with Gasteiger partial charge in [-0.25, -0.2) is 0 Å². The number of carbonyl (C=O) groups is 2. The summed E-state index contributed by atoms with van der Waals surface area (Å²) in [5.74, 6) is 0.00265. The molecule has 1 fully saturated rings. The second-order valence-corrected chi connectivity index (χ2v) is 6.08. The fourth-order valence-electron chi connectivity index (χ4n) is 2.37. The minimum absolute atomic E-state index is 0.0216. The first-order valence-electron chi connectivity index (χ1n) is 7.46. The zero-order valence-electron chi connectivity index (χ0n) is 12.5. The molecule has 1 aliphatic rings. The highest BCUT2D eigenvalue weighted by molar-refractivity contribution is 7.08. The van der Waals surface area contributed by atoms with Crippen molar-refractivity contribution in [2.24, 2.45) is 0 Å². The molecule has 1 aromatic heterocycles. The van der Waals surface area contributed by atoms with Gasteiger partial charge in [-0.05, 0) is 48.6 Å². The Morgan fingerprint density at radius 1 is 1.26 bits per heavy atom. The van der Waals surface area contributed by atoms with Crippen LogP contribution in [0.25, 0.3) is 0 Å². The first kappa shape index (κ1) is 15.7. The fraction of sp³-hybridized carbons (Fsp3) is 0.294. The van der Waals surface area contributed by atoms with Gasteiger partial charge in [0.2, 0.25) is 0 Å². The largest absolute Gasteiger partial charge is 0.426 e. The SMILES string of the molecule is O=C(C[C@@H]1CCCO1)Oc1ccc(NC(=O)c2ccsc2)cc1. The van der Waals surface area contributed by atoms with Crippen molar-refractivity contribution in [3.8, 4) is 5.75 Å². The van der Waals surface area contributed by atoms with Crippen LogP contribution in [0.5, 0.6) is 5.75 Å². The van der Waals surface area contributed by atoms with Gasteiger partial charge in [-0.3, -0.25) is 9.59 Å². The number of hydrogen-bond donors (Lipinski definition) is 1. The maximum absolute atomic E-state index is 11.9. The van der Waals surface area contributed by atoms with E-state index in [0.717, 1.165) is 19.4 Å². The first-order valence-corrected chi connectivity index (χ1v) is 8.41. The summed E-state index contributed by atoms with van der Waals surface area (Å²) in [6.07, 6.45) is 2.15. The third-order valence-electron chi connectivity index (χ3n) is 3.55. The Hall–Kier alpha value is -2.18. The van der Waals surface area contributed by atoms with Crippen molar-refractivity contribution >= 4 is 28.9 Å². The van der Waals surface area contributed by atoms with Crippen LogP contribution in [0.3, 0.4) is 0 Å². The van der Waals surface area contributed by atoms with Crippen molar-refractivity contribution in [3.05, 3.63) is 46.7 Å². The highest BCUT2D eigenvalue weighted by atomic mass is 32.1. The molecule has 3 rings (SSSR count). The zero-order chi connectivity index (χ0) is 16.1. The highest BCUT2D eigenvalue weighted by Crippen LogP contribution is 2.20. The van der Waals surface area contributed by atoms with Crippen molar-refractivity contribution in [2.75, 3.05) is 11.9 Å². The third-order valence-corrected chi connectivity index (χ3v) is 4.23. The van der Waals surface area contributed by atoms with E-state index in [2.05, 4.69) is 5.32 Å². The number of anilines is 1. The summed E-state index contributed by atoms with van der Waals surface area (Å²) < 4.78 is 10.7. The second kappa shape index (κ2) is 7.39. The first-order chi connectivity index (χ1) is 11.2. The second-order valence-electron chi connectivity index (χ2n) is 5.30. The average molecular weight is 331 g/mol. The summed E-state index contributed by atoms with van der Waals surface area (Å²) in [5.41, 5.74) is 1.28. The van der Waals surface area contributed by atoms with E-state index in [9.17, 15) is 9.59 Å². The Morgan fingerprint density at radius 3 is 2.74 bits per heavy atom. The van der Waals surface area contributed by atoms with E-state index in [-0.39, 0.29) is 24.4 Å². The maximum atomic E-state index is 11.9. The van der Waals surface area contributed by atoms with E-state index in [4.69, 9.17) is 9.47 Å². The van der Waals surface area contributed by atoms with Gasteiger partial charge in [0.25, 0.3) is 5.91 Å². The predicted molar refractivity (Wildman–Crippen MR) is 87.9 cm³/mol. The summed E-state index contributed by atoms with van der Waals surface area (Å²) in [5, 5.41) is 6.43. The number of rotatable bonds is 5. The van der Waals surface area contributed by atoms with E-state index in [1.807, 2.05) is 5.38 Å². The molecule has 2 heterocycles. The normalized spacial score (nSPS) is 17.0. The van der Waals surface area contributed by atoms with Gasteiger partial charge >= 0.3 is 5.97 Å². The molecule has 1 aliphatic heterocycles. The van der Waals surface area contributed by atoms with Crippen LogP contribution in [0, 0.1) is 0 Å².